The Balaban J connectivity index is 1.48. The number of hydrogen-bond donors (Lipinski definition) is 6. The second-order valence-electron chi connectivity index (χ2n) is 10.5. The van der Waals surface area contributed by atoms with Gasteiger partial charge in [0.2, 0.25) is 11.8 Å². The van der Waals surface area contributed by atoms with E-state index in [0.29, 0.717) is 0 Å². The summed E-state index contributed by atoms with van der Waals surface area (Å²) in [5.74, 6) is -3.92. The van der Waals surface area contributed by atoms with Crippen LogP contribution in [0.3, 0.4) is 0 Å². The van der Waals surface area contributed by atoms with Crippen molar-refractivity contribution in [1.29, 1.82) is 0 Å². The van der Waals surface area contributed by atoms with Gasteiger partial charge in [-0.3, -0.25) is 24.5 Å². The molecule has 0 aromatic heterocycles. The maximum absolute atomic E-state index is 13.0. The van der Waals surface area contributed by atoms with E-state index in [2.05, 4.69) is 28.8 Å². The first kappa shape index (κ1) is 30.0. The van der Waals surface area contributed by atoms with Gasteiger partial charge in [-0.2, -0.15) is 0 Å². The van der Waals surface area contributed by atoms with Crippen molar-refractivity contribution in [3.8, 4) is 11.1 Å². The summed E-state index contributed by atoms with van der Waals surface area (Å²) in [4.78, 5) is 47.3. The van der Waals surface area contributed by atoms with Gasteiger partial charge in [-0.05, 0) is 62.4 Å². The Morgan fingerprint density at radius 2 is 1.56 bits per heavy atom. The molecule has 10 nitrogen and oxygen atoms in total. The monoisotopic (exact) mass is 601 g/mol. The topological polar surface area (TPSA) is 179 Å². The predicted octanol–water partition coefficient (Wildman–Crippen LogP) is 3.36. The molecule has 1 aliphatic carbocycles. The van der Waals surface area contributed by atoms with Crippen molar-refractivity contribution >= 4 is 57.1 Å². The molecular formula is C32H31N3O7S. The molecule has 4 aromatic carbocycles. The van der Waals surface area contributed by atoms with Crippen molar-refractivity contribution in [2.45, 2.75) is 36.3 Å². The van der Waals surface area contributed by atoms with Gasteiger partial charge in [0, 0.05) is 12.2 Å². The number of fused-ring (bicyclic) bond motifs is 6. The summed E-state index contributed by atoms with van der Waals surface area (Å²) in [6, 6.07) is 21.6. The van der Waals surface area contributed by atoms with Crippen molar-refractivity contribution in [1.82, 2.24) is 10.6 Å². The van der Waals surface area contributed by atoms with Crippen LogP contribution in [0.5, 0.6) is 0 Å². The molecule has 0 bridgehead atoms. The molecule has 0 radical (unpaired) electrons. The average Bonchev–Trinajstić information content (AvgIpc) is 2.99. The van der Waals surface area contributed by atoms with E-state index in [9.17, 15) is 29.4 Å². The van der Waals surface area contributed by atoms with Crippen molar-refractivity contribution in [2.24, 2.45) is 5.73 Å². The summed E-state index contributed by atoms with van der Waals surface area (Å²) in [5, 5.41) is 39.3. The minimum absolute atomic E-state index is 0.00765. The van der Waals surface area contributed by atoms with E-state index in [4.69, 9.17) is 10.8 Å². The number of benzene rings is 4. The van der Waals surface area contributed by atoms with Crippen LogP contribution in [0.1, 0.15) is 35.3 Å². The zero-order valence-corrected chi connectivity index (χ0v) is 23.8. The molecule has 1 aliphatic rings. The van der Waals surface area contributed by atoms with Gasteiger partial charge in [0.05, 0.1) is 17.4 Å². The molecule has 0 aliphatic heterocycles. The molecule has 0 fully saturated rings. The first-order chi connectivity index (χ1) is 20.6. The summed E-state index contributed by atoms with van der Waals surface area (Å²) in [6.45, 7) is -0.649. The third kappa shape index (κ3) is 6.48. The molecule has 0 saturated carbocycles. The summed E-state index contributed by atoms with van der Waals surface area (Å²) in [5.41, 5.74) is 8.66. The minimum atomic E-state index is -1.28. The Kier molecular flexibility index (Phi) is 8.95. The molecule has 11 heteroatoms. The van der Waals surface area contributed by atoms with Crippen LogP contribution in [-0.2, 0) is 19.2 Å². The molecule has 43 heavy (non-hydrogen) atoms. The fourth-order valence-electron chi connectivity index (χ4n) is 5.55. The Morgan fingerprint density at radius 1 is 0.837 bits per heavy atom. The number of primary amides is 1. The maximum atomic E-state index is 13.0. The molecule has 5 rings (SSSR count). The van der Waals surface area contributed by atoms with Crippen molar-refractivity contribution < 1.29 is 34.5 Å². The van der Waals surface area contributed by atoms with Gasteiger partial charge in [0.1, 0.15) is 12.6 Å². The Bertz CT molecular complexity index is 1730. The van der Waals surface area contributed by atoms with Gasteiger partial charge < -0.3 is 26.4 Å². The fourth-order valence-corrected chi connectivity index (χ4v) is 6.91. The van der Waals surface area contributed by atoms with E-state index in [-0.39, 0.29) is 18.6 Å². The highest BCUT2D eigenvalue weighted by Crippen LogP contribution is 2.52. The zero-order valence-electron chi connectivity index (χ0n) is 23.0. The quantitative estimate of drug-likeness (QED) is 0.133. The second-order valence-corrected chi connectivity index (χ2v) is 11.6. The first-order valence-electron chi connectivity index (χ1n) is 13.7. The molecule has 4 aromatic rings. The van der Waals surface area contributed by atoms with Crippen LogP contribution in [0, 0.1) is 0 Å². The van der Waals surface area contributed by atoms with E-state index in [1.54, 1.807) is 0 Å². The number of thioether (sulfide) groups is 1. The van der Waals surface area contributed by atoms with Gasteiger partial charge in [0.25, 0.3) is 0 Å². The number of hydrogen-bond acceptors (Lipinski definition) is 7. The van der Waals surface area contributed by atoms with Crippen LogP contribution >= 0.6 is 11.8 Å². The summed E-state index contributed by atoms with van der Waals surface area (Å²) in [6.07, 6.45) is -1.32. The molecule has 2 amide bonds. The number of carbonyl (C=O) groups excluding carboxylic acids is 2. The molecule has 4 atom stereocenters. The number of rotatable bonds is 12. The van der Waals surface area contributed by atoms with Crippen molar-refractivity contribution in [2.75, 3.05) is 12.3 Å². The lowest BCUT2D eigenvalue weighted by Crippen LogP contribution is -2.53. The molecule has 0 saturated heterocycles. The molecule has 222 valence electrons. The predicted molar refractivity (Wildman–Crippen MR) is 164 cm³/mol. The lowest BCUT2D eigenvalue weighted by molar-refractivity contribution is -0.141. The van der Waals surface area contributed by atoms with Crippen LogP contribution in [0.15, 0.2) is 72.8 Å². The number of aliphatic carboxylic acids is 2. The van der Waals surface area contributed by atoms with E-state index >= 15 is 0 Å². The highest BCUT2D eigenvalue weighted by atomic mass is 32.2. The van der Waals surface area contributed by atoms with Crippen LogP contribution in [-0.4, -0.2) is 63.5 Å². The smallest absolute Gasteiger partial charge is 0.322 e. The maximum Gasteiger partial charge on any atom is 0.322 e. The van der Waals surface area contributed by atoms with E-state index in [0.717, 1.165) is 43.8 Å². The van der Waals surface area contributed by atoms with Gasteiger partial charge >= 0.3 is 11.9 Å². The van der Waals surface area contributed by atoms with Crippen LogP contribution < -0.4 is 16.4 Å². The van der Waals surface area contributed by atoms with Crippen LogP contribution in [0.4, 0.5) is 0 Å². The summed E-state index contributed by atoms with van der Waals surface area (Å²) in [7, 11) is 0. The lowest BCUT2D eigenvalue weighted by atomic mass is 9.81. The Labute approximate surface area is 251 Å². The van der Waals surface area contributed by atoms with Gasteiger partial charge in [-0.1, -0.05) is 60.7 Å². The standard InChI is InChI=1S/C32H31N3O7S/c33-27(36)12-11-25(32(41)42)35-26(31(40)34-15-28(37)38)16-43-30-21-8-4-3-7-20(21)23-13-18-10-9-17-5-1-2-6-19(17)22(18)14-24(23)29(30)39/h1-10,13-14,25-26,29-30,35,39H,11-12,15-16H2,(H2,33,36)(H,34,40)(H,37,38)(H,41,42). The van der Waals surface area contributed by atoms with E-state index < -0.39 is 53.7 Å². The number of nitrogens with two attached hydrogens (primary N) is 1. The first-order valence-corrected chi connectivity index (χ1v) is 14.8. The van der Waals surface area contributed by atoms with E-state index in [1.807, 2.05) is 54.6 Å². The van der Waals surface area contributed by atoms with Gasteiger partial charge in [-0.25, -0.2) is 0 Å². The highest BCUT2D eigenvalue weighted by molar-refractivity contribution is 7.99. The number of carboxylic acids is 2. The van der Waals surface area contributed by atoms with Gasteiger partial charge in [-0.15, -0.1) is 11.8 Å². The number of amides is 2. The van der Waals surface area contributed by atoms with Crippen LogP contribution in [0.25, 0.3) is 32.7 Å². The third-order valence-electron chi connectivity index (χ3n) is 7.63. The minimum Gasteiger partial charge on any atom is -0.480 e. The molecule has 7 N–H and O–H groups in total. The molecule has 4 unspecified atom stereocenters. The number of aliphatic hydroxyl groups excluding tert-OH is 1. The zero-order chi connectivity index (χ0) is 30.7. The number of nitrogens with one attached hydrogen (secondary N) is 2. The average molecular weight is 602 g/mol. The fraction of sp³-hybridized carbons (Fsp3) is 0.250. The number of carbonyl (C=O) groups is 4. The van der Waals surface area contributed by atoms with Crippen LogP contribution in [0.2, 0.25) is 0 Å². The Hall–Kier alpha value is -4.45. The van der Waals surface area contributed by atoms with E-state index in [1.165, 1.54) is 11.8 Å². The van der Waals surface area contributed by atoms with Gasteiger partial charge in [0.15, 0.2) is 0 Å². The molecular weight excluding hydrogens is 570 g/mol. The summed E-state index contributed by atoms with van der Waals surface area (Å²) >= 11 is 1.26. The highest BCUT2D eigenvalue weighted by Gasteiger charge is 2.35. The largest absolute Gasteiger partial charge is 0.480 e. The summed E-state index contributed by atoms with van der Waals surface area (Å²) < 4.78 is 0. The normalized spacial score (nSPS) is 17.0. The second kappa shape index (κ2) is 12.8. The van der Waals surface area contributed by atoms with Crippen molar-refractivity contribution in [3.63, 3.8) is 0 Å². The number of aliphatic hydroxyl groups is 1. The lowest BCUT2D eigenvalue weighted by Gasteiger charge is -2.33. The van der Waals surface area contributed by atoms with Crippen molar-refractivity contribution in [3.05, 3.63) is 83.9 Å². The third-order valence-corrected chi connectivity index (χ3v) is 9.03. The SMILES string of the molecule is NC(=O)CCC(NC(CSC1c2ccccc2-c2cc3ccc4ccccc4c3cc2C1O)C(=O)NCC(=O)O)C(=O)O. The number of carboxylic acid groups (broad SMARTS) is 2. The Morgan fingerprint density at radius 3 is 2.30 bits per heavy atom. The molecule has 0 spiro atoms. The molecule has 0 heterocycles.